The predicted octanol–water partition coefficient (Wildman–Crippen LogP) is 5.41. The van der Waals surface area contributed by atoms with Crippen LogP contribution < -0.4 is 0 Å². The van der Waals surface area contributed by atoms with Gasteiger partial charge in [-0.05, 0) is 22.7 Å². The molecule has 0 aliphatic heterocycles. The lowest BCUT2D eigenvalue weighted by atomic mass is 10.3. The van der Waals surface area contributed by atoms with Gasteiger partial charge in [-0.25, -0.2) is 0 Å². The van der Waals surface area contributed by atoms with Gasteiger partial charge >= 0.3 is 0 Å². The number of furan rings is 1. The lowest BCUT2D eigenvalue weighted by Gasteiger charge is -2.38. The molecule has 1 aromatic rings. The van der Waals surface area contributed by atoms with Crippen LogP contribution in [-0.4, -0.2) is 8.07 Å². The Morgan fingerprint density at radius 2 is 1.58 bits per heavy atom. The van der Waals surface area contributed by atoms with Gasteiger partial charge in [0.15, 0.2) is 0 Å². The summed E-state index contributed by atoms with van der Waals surface area (Å²) < 4.78 is 5.47. The first kappa shape index (κ1) is 16.1. The summed E-state index contributed by atoms with van der Waals surface area (Å²) in [6, 6.07) is 2.08. The summed E-state index contributed by atoms with van der Waals surface area (Å²) in [5, 5.41) is 0. The quantitative estimate of drug-likeness (QED) is 0.529. The molecule has 0 radical (unpaired) electrons. The second kappa shape index (κ2) is 6.48. The zero-order valence-electron chi connectivity index (χ0n) is 13.5. The molecule has 1 nitrogen and oxygen atoms in total. The van der Waals surface area contributed by atoms with E-state index in [4.69, 9.17) is 4.42 Å². The van der Waals surface area contributed by atoms with Crippen LogP contribution in [-0.2, 0) is 6.42 Å². The third kappa shape index (κ3) is 3.33. The van der Waals surface area contributed by atoms with Crippen LogP contribution in [0.1, 0.15) is 59.8 Å². The van der Waals surface area contributed by atoms with Crippen molar-refractivity contribution >= 4 is 8.07 Å². The molecule has 0 spiro atoms. The summed E-state index contributed by atoms with van der Waals surface area (Å²) in [6.07, 6.45) is 2.73. The van der Waals surface area contributed by atoms with E-state index in [9.17, 15) is 0 Å². The fourth-order valence-electron chi connectivity index (χ4n) is 3.25. The normalized spacial score (nSPS) is 12.1. The maximum atomic E-state index is 5.47. The number of rotatable bonds is 4. The minimum absolute atomic E-state index is 0.678. The minimum atomic E-state index is -1.61. The van der Waals surface area contributed by atoms with Crippen LogP contribution >= 0.6 is 0 Å². The first-order valence-corrected chi connectivity index (χ1v) is 9.68. The molecule has 0 aromatic carbocycles. The smallest absolute Gasteiger partial charge is 0.146 e. The molecule has 0 amide bonds. The summed E-state index contributed by atoms with van der Waals surface area (Å²) >= 11 is 0. The Kier molecular flexibility index (Phi) is 5.49. The van der Waals surface area contributed by atoms with Crippen LogP contribution in [0.5, 0.6) is 0 Å². The number of aryl methyl sites for hydroxylation is 1. The molecule has 106 valence electrons. The summed E-state index contributed by atoms with van der Waals surface area (Å²) in [6.45, 7) is 16.1. The van der Waals surface area contributed by atoms with Crippen LogP contribution in [0.15, 0.2) is 16.7 Å². The Hall–Kier alpha value is -0.943. The van der Waals surface area contributed by atoms with Gasteiger partial charge in [0.05, 0.1) is 5.56 Å². The third-order valence-electron chi connectivity index (χ3n) is 4.29. The third-order valence-corrected chi connectivity index (χ3v) is 10.6. The van der Waals surface area contributed by atoms with Gasteiger partial charge in [-0.15, -0.1) is 5.54 Å². The zero-order valence-corrected chi connectivity index (χ0v) is 14.5. The van der Waals surface area contributed by atoms with Gasteiger partial charge in [-0.2, -0.15) is 0 Å². The highest BCUT2D eigenvalue weighted by molar-refractivity contribution is 6.90. The Bertz CT molecular complexity index is 435. The number of hydrogen-bond acceptors (Lipinski definition) is 1. The van der Waals surface area contributed by atoms with E-state index in [0.717, 1.165) is 17.7 Å². The first-order chi connectivity index (χ1) is 8.84. The van der Waals surface area contributed by atoms with E-state index in [0.29, 0.717) is 16.6 Å². The van der Waals surface area contributed by atoms with E-state index < -0.39 is 8.07 Å². The summed E-state index contributed by atoms with van der Waals surface area (Å²) in [5.41, 5.74) is 6.79. The van der Waals surface area contributed by atoms with E-state index >= 15 is 0 Å². The van der Waals surface area contributed by atoms with Crippen molar-refractivity contribution in [1.82, 2.24) is 0 Å². The van der Waals surface area contributed by atoms with E-state index in [1.807, 2.05) is 0 Å². The van der Waals surface area contributed by atoms with Crippen molar-refractivity contribution in [2.45, 2.75) is 71.5 Å². The highest BCUT2D eigenvalue weighted by atomic mass is 28.3. The molecular weight excluding hydrogens is 248 g/mol. The van der Waals surface area contributed by atoms with E-state index in [1.165, 1.54) is 0 Å². The second-order valence-electron chi connectivity index (χ2n) is 6.30. The van der Waals surface area contributed by atoms with Crippen molar-refractivity contribution in [3.8, 4) is 11.5 Å². The fraction of sp³-hybridized carbons (Fsp3) is 0.647. The van der Waals surface area contributed by atoms with Crippen LogP contribution in [0.3, 0.4) is 0 Å². The maximum Gasteiger partial charge on any atom is 0.146 e. The molecule has 0 atom stereocenters. The lowest BCUT2D eigenvalue weighted by Crippen LogP contribution is -2.43. The molecule has 0 bridgehead atoms. The Labute approximate surface area is 119 Å². The van der Waals surface area contributed by atoms with Crippen LogP contribution in [0.4, 0.5) is 0 Å². The minimum Gasteiger partial charge on any atom is -0.468 e. The van der Waals surface area contributed by atoms with Gasteiger partial charge in [0, 0.05) is 6.42 Å². The van der Waals surface area contributed by atoms with Crippen LogP contribution in [0, 0.1) is 11.5 Å². The van der Waals surface area contributed by atoms with Gasteiger partial charge in [0.1, 0.15) is 20.1 Å². The molecule has 0 saturated heterocycles. The highest BCUT2D eigenvalue weighted by Gasteiger charge is 2.41. The fourth-order valence-corrected chi connectivity index (χ4v) is 8.47. The zero-order chi connectivity index (χ0) is 14.6. The molecular formula is C17H28OSi. The molecule has 0 aliphatic rings. The van der Waals surface area contributed by atoms with Crippen molar-refractivity contribution in [3.63, 3.8) is 0 Å². The van der Waals surface area contributed by atoms with E-state index in [2.05, 4.69) is 66.0 Å². The van der Waals surface area contributed by atoms with Gasteiger partial charge in [0.2, 0.25) is 0 Å². The van der Waals surface area contributed by atoms with Crippen molar-refractivity contribution < 1.29 is 4.42 Å². The lowest BCUT2D eigenvalue weighted by molar-refractivity contribution is 0.515. The molecule has 1 aromatic heterocycles. The van der Waals surface area contributed by atoms with Crippen molar-refractivity contribution in [2.24, 2.45) is 0 Å². The van der Waals surface area contributed by atoms with Gasteiger partial charge in [0.25, 0.3) is 0 Å². The van der Waals surface area contributed by atoms with Crippen molar-refractivity contribution in [2.75, 3.05) is 0 Å². The standard InChI is InChI=1S/C17H28OSi/c1-8-17-11-16(12-18-17)9-10-19(13(2)3,14(4)5)15(6)7/h11-15H,8H2,1-7H3. The van der Waals surface area contributed by atoms with Gasteiger partial charge in [-0.1, -0.05) is 54.4 Å². The second-order valence-corrected chi connectivity index (χ2v) is 11.9. The molecule has 19 heavy (non-hydrogen) atoms. The molecule has 2 heteroatoms. The van der Waals surface area contributed by atoms with Crippen LogP contribution in [0.2, 0.25) is 16.6 Å². The van der Waals surface area contributed by atoms with Crippen LogP contribution in [0.25, 0.3) is 0 Å². The average molecular weight is 276 g/mol. The summed E-state index contributed by atoms with van der Waals surface area (Å²) in [7, 11) is -1.61. The molecule has 0 saturated carbocycles. The molecule has 0 unspecified atom stereocenters. The molecule has 0 N–H and O–H groups in total. The van der Waals surface area contributed by atoms with E-state index in [1.54, 1.807) is 6.26 Å². The molecule has 0 fully saturated rings. The largest absolute Gasteiger partial charge is 0.468 e. The van der Waals surface area contributed by atoms with Gasteiger partial charge < -0.3 is 4.42 Å². The highest BCUT2D eigenvalue weighted by Crippen LogP contribution is 2.40. The Balaban J connectivity index is 3.15. The topological polar surface area (TPSA) is 13.1 Å². The molecule has 1 rings (SSSR count). The first-order valence-electron chi connectivity index (χ1n) is 7.45. The monoisotopic (exact) mass is 276 g/mol. The Morgan fingerprint density at radius 3 is 1.95 bits per heavy atom. The number of hydrogen-bond donors (Lipinski definition) is 0. The van der Waals surface area contributed by atoms with Gasteiger partial charge in [-0.3, -0.25) is 0 Å². The molecule has 0 aliphatic carbocycles. The average Bonchev–Trinajstić information content (AvgIpc) is 2.76. The Morgan fingerprint density at radius 1 is 1.05 bits per heavy atom. The maximum absolute atomic E-state index is 5.47. The van der Waals surface area contributed by atoms with Crippen molar-refractivity contribution in [1.29, 1.82) is 0 Å². The van der Waals surface area contributed by atoms with Crippen molar-refractivity contribution in [3.05, 3.63) is 23.7 Å². The predicted molar refractivity (Wildman–Crippen MR) is 86.0 cm³/mol. The molecule has 1 heterocycles. The summed E-state index contributed by atoms with van der Waals surface area (Å²) in [5.74, 6) is 4.43. The summed E-state index contributed by atoms with van der Waals surface area (Å²) in [4.78, 5) is 0. The van der Waals surface area contributed by atoms with E-state index in [-0.39, 0.29) is 0 Å². The SMILES string of the molecule is CCc1cc(C#C[Si](C(C)C)(C(C)C)C(C)C)co1.